The van der Waals surface area contributed by atoms with Crippen molar-refractivity contribution in [2.45, 2.75) is 55.0 Å². The maximum absolute atomic E-state index is 17.2. The summed E-state index contributed by atoms with van der Waals surface area (Å²) < 4.78 is 79.2. The van der Waals surface area contributed by atoms with Gasteiger partial charge < -0.3 is 24.8 Å². The highest BCUT2D eigenvalue weighted by molar-refractivity contribution is 7.23. The first-order valence-electron chi connectivity index (χ1n) is 15.9. The zero-order valence-electron chi connectivity index (χ0n) is 25.6. The van der Waals surface area contributed by atoms with Crippen LogP contribution in [0.25, 0.3) is 32.1 Å². The van der Waals surface area contributed by atoms with Gasteiger partial charge in [0.05, 0.1) is 44.9 Å². The van der Waals surface area contributed by atoms with Gasteiger partial charge >= 0.3 is 6.01 Å². The molecular weight excluding hydrogens is 672 g/mol. The Bertz CT molecular complexity index is 2090. The lowest BCUT2D eigenvalue weighted by Gasteiger charge is -2.50. The summed E-state index contributed by atoms with van der Waals surface area (Å²) in [5, 5.41) is 10.3. The van der Waals surface area contributed by atoms with Crippen molar-refractivity contribution >= 4 is 54.7 Å². The van der Waals surface area contributed by atoms with Gasteiger partial charge in [0.2, 0.25) is 0 Å². The quantitative estimate of drug-likeness (QED) is 0.231. The number of thiophene rings is 1. The molecule has 4 saturated heterocycles. The van der Waals surface area contributed by atoms with Crippen molar-refractivity contribution in [3.8, 4) is 29.0 Å². The van der Waals surface area contributed by atoms with E-state index in [2.05, 4.69) is 9.88 Å². The van der Waals surface area contributed by atoms with Crippen molar-refractivity contribution in [2.24, 2.45) is 0 Å². The molecule has 0 radical (unpaired) electrons. The van der Waals surface area contributed by atoms with Gasteiger partial charge in [-0.3, -0.25) is 4.90 Å². The Kier molecular flexibility index (Phi) is 6.61. The number of fused-ring (bicyclic) bond motifs is 3. The van der Waals surface area contributed by atoms with Crippen LogP contribution in [0.4, 0.5) is 28.4 Å². The minimum atomic E-state index is -0.971. The van der Waals surface area contributed by atoms with E-state index in [1.165, 1.54) is 12.1 Å². The van der Waals surface area contributed by atoms with Crippen molar-refractivity contribution in [1.82, 2.24) is 14.9 Å². The fourth-order valence-corrected chi connectivity index (χ4v) is 10.2. The standard InChI is InChI=1S/C33H29ClF4N6O3S/c34-23-21(17-2-3-19(37)27-20(17)18(9-39)28(40)48-27)24(38)25-22-26(23)45-7-6-44(32-11-33(12-32,13-35)47-15-32)29(22)42-30(41-25)46-14-31-4-1-5-43(31)10-16(36)8-31/h2-3,16H,1,4-8,10-15,40H2/t16-,31+,32?,33?/m1/s1. The van der Waals surface area contributed by atoms with E-state index in [4.69, 9.17) is 36.5 Å². The molecule has 48 heavy (non-hydrogen) atoms. The first-order chi connectivity index (χ1) is 23.1. The minimum absolute atomic E-state index is 0.00944. The van der Waals surface area contributed by atoms with Gasteiger partial charge in [-0.1, -0.05) is 17.7 Å². The minimum Gasteiger partial charge on any atom is -0.489 e. The predicted molar refractivity (Wildman–Crippen MR) is 172 cm³/mol. The number of halogens is 5. The highest BCUT2D eigenvalue weighted by Crippen LogP contribution is 2.58. The van der Waals surface area contributed by atoms with Crippen LogP contribution in [0.3, 0.4) is 0 Å². The molecule has 250 valence electrons. The number of anilines is 2. The second-order valence-electron chi connectivity index (χ2n) is 13.7. The Hall–Kier alpha value is -3.64. The number of alkyl halides is 2. The largest absolute Gasteiger partial charge is 0.489 e. The summed E-state index contributed by atoms with van der Waals surface area (Å²) in [6, 6.07) is 4.44. The van der Waals surface area contributed by atoms with Crippen molar-refractivity contribution in [1.29, 1.82) is 5.26 Å². The van der Waals surface area contributed by atoms with E-state index in [1.54, 1.807) is 0 Å². The lowest BCUT2D eigenvalue weighted by Crippen LogP contribution is -2.61. The van der Waals surface area contributed by atoms with Gasteiger partial charge in [0.15, 0.2) is 11.6 Å². The van der Waals surface area contributed by atoms with Crippen LogP contribution in [0.2, 0.25) is 5.02 Å². The summed E-state index contributed by atoms with van der Waals surface area (Å²) in [5.41, 5.74) is 3.98. The molecule has 9 nitrogen and oxygen atoms in total. The summed E-state index contributed by atoms with van der Waals surface area (Å²) in [5.74, 6) is -1.03. The number of nitrogen functional groups attached to an aromatic ring is 1. The highest BCUT2D eigenvalue weighted by Gasteiger charge is 2.66. The normalized spacial score (nSPS) is 29.2. The first kappa shape index (κ1) is 30.4. The summed E-state index contributed by atoms with van der Waals surface area (Å²) in [4.78, 5) is 13.5. The Morgan fingerprint density at radius 1 is 1.21 bits per heavy atom. The van der Waals surface area contributed by atoms with E-state index >= 15 is 4.39 Å². The molecular formula is C33H29ClF4N6O3S. The van der Waals surface area contributed by atoms with Gasteiger partial charge in [-0.05, 0) is 31.0 Å². The van der Waals surface area contributed by atoms with Crippen molar-refractivity contribution in [3.63, 3.8) is 0 Å². The number of hydrogen-bond acceptors (Lipinski definition) is 10. The molecule has 2 aromatic carbocycles. The average molecular weight is 701 g/mol. The third-order valence-corrected chi connectivity index (χ3v) is 12.3. The van der Waals surface area contributed by atoms with Gasteiger partial charge in [-0.25, -0.2) is 17.6 Å². The highest BCUT2D eigenvalue weighted by atomic mass is 35.5. The van der Waals surface area contributed by atoms with E-state index in [9.17, 15) is 18.4 Å². The molecule has 2 bridgehead atoms. The van der Waals surface area contributed by atoms with Crippen molar-refractivity contribution in [2.75, 3.05) is 56.8 Å². The van der Waals surface area contributed by atoms with Crippen LogP contribution in [-0.2, 0) is 4.74 Å². The molecule has 5 aliphatic heterocycles. The molecule has 2 atom stereocenters. The Labute approximate surface area is 281 Å². The van der Waals surface area contributed by atoms with Gasteiger partial charge in [0.25, 0.3) is 0 Å². The number of nitrogens with zero attached hydrogens (tertiary/aromatic N) is 5. The van der Waals surface area contributed by atoms with E-state index in [1.807, 2.05) is 11.0 Å². The number of ether oxygens (including phenoxy) is 3. The first-order valence-corrected chi connectivity index (χ1v) is 17.1. The Morgan fingerprint density at radius 3 is 2.81 bits per heavy atom. The number of rotatable bonds is 6. The van der Waals surface area contributed by atoms with Gasteiger partial charge in [0.1, 0.15) is 59.9 Å². The zero-order chi connectivity index (χ0) is 33.2. The number of nitrogens with two attached hydrogens (primary N) is 1. The fraction of sp³-hybridized carbons (Fsp3) is 0.485. The maximum atomic E-state index is 17.2. The summed E-state index contributed by atoms with van der Waals surface area (Å²) in [7, 11) is 0. The fourth-order valence-electron chi connectivity index (χ4n) is 8.87. The molecule has 4 aromatic rings. The molecule has 5 fully saturated rings. The molecule has 6 aliphatic rings. The average Bonchev–Trinajstić information content (AvgIpc) is 3.83. The van der Waals surface area contributed by atoms with Crippen LogP contribution in [0, 0.1) is 23.0 Å². The van der Waals surface area contributed by atoms with E-state index in [0.29, 0.717) is 38.2 Å². The second kappa shape index (κ2) is 10.4. The lowest BCUT2D eigenvalue weighted by molar-refractivity contribution is -0.0230. The topological polar surface area (TPSA) is 110 Å². The molecule has 1 saturated carbocycles. The lowest BCUT2D eigenvalue weighted by atomic mass is 9.68. The van der Waals surface area contributed by atoms with Gasteiger partial charge in [-0.15, -0.1) is 11.3 Å². The molecule has 10 rings (SSSR count). The van der Waals surface area contributed by atoms with E-state index < -0.39 is 41.2 Å². The Morgan fingerprint density at radius 2 is 2.04 bits per heavy atom. The molecule has 0 amide bonds. The summed E-state index contributed by atoms with van der Waals surface area (Å²) in [6.45, 7) is 1.28. The second-order valence-corrected chi connectivity index (χ2v) is 15.1. The van der Waals surface area contributed by atoms with Crippen LogP contribution in [-0.4, -0.2) is 83.8 Å². The van der Waals surface area contributed by atoms with Crippen LogP contribution in [0.15, 0.2) is 12.1 Å². The van der Waals surface area contributed by atoms with Crippen molar-refractivity contribution in [3.05, 3.63) is 34.4 Å². The third kappa shape index (κ3) is 4.07. The van der Waals surface area contributed by atoms with E-state index in [-0.39, 0.29) is 79.3 Å². The number of nitriles is 1. The van der Waals surface area contributed by atoms with Crippen LogP contribution in [0.5, 0.6) is 11.8 Å². The van der Waals surface area contributed by atoms with Crippen LogP contribution >= 0.6 is 22.9 Å². The smallest absolute Gasteiger partial charge is 0.319 e. The molecule has 7 heterocycles. The van der Waals surface area contributed by atoms with Gasteiger partial charge in [0, 0.05) is 36.8 Å². The molecule has 2 N–H and O–H groups in total. The molecule has 2 aromatic heterocycles. The molecule has 1 aliphatic carbocycles. The van der Waals surface area contributed by atoms with Gasteiger partial charge in [-0.2, -0.15) is 15.2 Å². The molecule has 0 unspecified atom stereocenters. The third-order valence-electron chi connectivity index (χ3n) is 11.0. The Balaban J connectivity index is 1.25. The SMILES string of the molecule is N#Cc1c(N)sc2c(F)ccc(-c3c(Cl)c4c5c(nc(OC[C@@]67CCCN6C[C@H](F)C7)nc5c3F)N(C35COC(CF)(C3)C5)CCO4)c12. The monoisotopic (exact) mass is 700 g/mol. The van der Waals surface area contributed by atoms with E-state index in [0.717, 1.165) is 30.7 Å². The molecule has 0 spiro atoms. The number of aromatic nitrogens is 2. The predicted octanol–water partition coefficient (Wildman–Crippen LogP) is 6.32. The number of benzene rings is 2. The van der Waals surface area contributed by atoms with Crippen molar-refractivity contribution < 1.29 is 31.8 Å². The summed E-state index contributed by atoms with van der Waals surface area (Å²) in [6.07, 6.45) is 1.85. The summed E-state index contributed by atoms with van der Waals surface area (Å²) >= 11 is 7.91. The van der Waals surface area contributed by atoms with Crippen LogP contribution < -0.4 is 20.1 Å². The van der Waals surface area contributed by atoms with Crippen LogP contribution in [0.1, 0.15) is 37.7 Å². The zero-order valence-corrected chi connectivity index (χ0v) is 27.1. The number of hydrogen-bond donors (Lipinski definition) is 1. The maximum Gasteiger partial charge on any atom is 0.319 e. The molecule has 15 heteroatoms.